The molecular formula is C19H23FN4O5S2. The highest BCUT2D eigenvalue weighted by Crippen LogP contribution is 2.18. The molecule has 0 saturated carbocycles. The predicted molar refractivity (Wildman–Crippen MR) is 116 cm³/mol. The average molecular weight is 471 g/mol. The van der Waals surface area contributed by atoms with Crippen molar-refractivity contribution in [1.29, 1.82) is 0 Å². The number of nitrogens with zero attached hydrogens (tertiary/aromatic N) is 2. The molecule has 1 amide bonds. The molecule has 0 spiro atoms. The van der Waals surface area contributed by atoms with Gasteiger partial charge in [0.1, 0.15) is 0 Å². The van der Waals surface area contributed by atoms with E-state index in [2.05, 4.69) is 20.2 Å². The van der Waals surface area contributed by atoms with Crippen LogP contribution in [0, 0.1) is 5.13 Å². The monoisotopic (exact) mass is 470 g/mol. The number of ether oxygens (including phenoxy) is 1. The van der Waals surface area contributed by atoms with Crippen LogP contribution in [-0.4, -0.2) is 50.1 Å². The molecule has 0 radical (unpaired) electrons. The van der Waals surface area contributed by atoms with Crippen LogP contribution in [0.1, 0.15) is 31.7 Å². The molecule has 1 aliphatic rings. The molecule has 1 aromatic carbocycles. The summed E-state index contributed by atoms with van der Waals surface area (Å²) in [6, 6.07) is 6.16. The van der Waals surface area contributed by atoms with Crippen LogP contribution >= 0.6 is 11.3 Å². The minimum absolute atomic E-state index is 0.0298. The highest BCUT2D eigenvalue weighted by molar-refractivity contribution is 7.92. The molecule has 2 heterocycles. The summed E-state index contributed by atoms with van der Waals surface area (Å²) in [5.41, 5.74) is 0.708. The number of aromatic nitrogens is 1. The van der Waals surface area contributed by atoms with Crippen LogP contribution in [0.5, 0.6) is 0 Å². The number of hydrogen-bond acceptors (Lipinski definition) is 8. The highest BCUT2D eigenvalue weighted by Gasteiger charge is 2.21. The fourth-order valence-corrected chi connectivity index (χ4v) is 4.48. The predicted octanol–water partition coefficient (Wildman–Crippen LogP) is 2.97. The molecule has 1 aromatic heterocycles. The van der Waals surface area contributed by atoms with Crippen molar-refractivity contribution in [1.82, 2.24) is 4.98 Å². The summed E-state index contributed by atoms with van der Waals surface area (Å²) in [5.74, 6) is -0.605. The molecule has 12 heteroatoms. The molecule has 31 heavy (non-hydrogen) atoms. The summed E-state index contributed by atoms with van der Waals surface area (Å²) < 4.78 is 45.1. The summed E-state index contributed by atoms with van der Waals surface area (Å²) >= 11 is 0.685. The maximum absolute atomic E-state index is 13.2. The topological polar surface area (TPSA) is 119 Å². The van der Waals surface area contributed by atoms with E-state index in [1.807, 2.05) is 6.92 Å². The van der Waals surface area contributed by atoms with Crippen molar-refractivity contribution in [2.45, 2.75) is 32.3 Å². The number of anilines is 2. The lowest BCUT2D eigenvalue weighted by Crippen LogP contribution is -2.25. The Morgan fingerprint density at radius 3 is 2.77 bits per heavy atom. The molecule has 2 aromatic rings. The van der Waals surface area contributed by atoms with Gasteiger partial charge in [0, 0.05) is 17.7 Å². The van der Waals surface area contributed by atoms with E-state index in [-0.39, 0.29) is 22.7 Å². The van der Waals surface area contributed by atoms with Crippen molar-refractivity contribution in [3.8, 4) is 0 Å². The van der Waals surface area contributed by atoms with Gasteiger partial charge >= 0.3 is 0 Å². The Kier molecular flexibility index (Phi) is 7.93. The van der Waals surface area contributed by atoms with E-state index >= 15 is 0 Å². The third kappa shape index (κ3) is 6.97. The van der Waals surface area contributed by atoms with Gasteiger partial charge in [-0.1, -0.05) is 42.0 Å². The van der Waals surface area contributed by atoms with E-state index in [9.17, 15) is 17.6 Å². The molecular weight excluding hydrogens is 447 g/mol. The quantitative estimate of drug-likeness (QED) is 0.407. The van der Waals surface area contributed by atoms with Crippen LogP contribution in [0.4, 0.5) is 15.2 Å². The zero-order valence-corrected chi connectivity index (χ0v) is 18.5. The number of rotatable bonds is 10. The van der Waals surface area contributed by atoms with Gasteiger partial charge in [-0.15, -0.1) is 0 Å². The van der Waals surface area contributed by atoms with Crippen LogP contribution in [-0.2, 0) is 24.4 Å². The van der Waals surface area contributed by atoms with Crippen molar-refractivity contribution in [2.75, 3.05) is 29.0 Å². The number of oxime groups is 1. The number of sulfonamides is 1. The zero-order chi connectivity index (χ0) is 22.3. The Balaban J connectivity index is 1.77. The Morgan fingerprint density at radius 2 is 2.16 bits per heavy atom. The van der Waals surface area contributed by atoms with Crippen molar-refractivity contribution in [3.05, 3.63) is 41.2 Å². The maximum Gasteiger partial charge on any atom is 0.280 e. The molecule has 2 N–H and O–H groups in total. The SMILES string of the molecule is CCCCS(=O)(=O)Nc1ccc(C(=NO[C@@H]2CCOC2)C(=O)Nc2ncc(F)s2)cc1. The second kappa shape index (κ2) is 10.6. The molecule has 1 atom stereocenters. The largest absolute Gasteiger partial charge is 0.389 e. The number of benzene rings is 1. The molecule has 1 aliphatic heterocycles. The van der Waals surface area contributed by atoms with Gasteiger partial charge in [0.15, 0.2) is 22.1 Å². The number of carbonyl (C=O) groups excluding carboxylic acids is 1. The summed E-state index contributed by atoms with van der Waals surface area (Å²) in [6.07, 6.45) is 2.70. The number of unbranched alkanes of at least 4 members (excludes halogenated alkanes) is 1. The number of nitrogens with one attached hydrogen (secondary N) is 2. The highest BCUT2D eigenvalue weighted by atomic mass is 32.2. The number of thiazole rings is 1. The molecule has 0 unspecified atom stereocenters. The van der Waals surface area contributed by atoms with Crippen LogP contribution in [0.2, 0.25) is 0 Å². The molecule has 1 fully saturated rings. The Bertz CT molecular complexity index is 1020. The first-order valence-electron chi connectivity index (χ1n) is 9.71. The van der Waals surface area contributed by atoms with E-state index in [1.54, 1.807) is 12.1 Å². The smallest absolute Gasteiger partial charge is 0.280 e. The Morgan fingerprint density at radius 1 is 1.39 bits per heavy atom. The van der Waals surface area contributed by atoms with E-state index in [0.717, 1.165) is 12.6 Å². The van der Waals surface area contributed by atoms with Gasteiger partial charge in [-0.3, -0.25) is 14.8 Å². The first kappa shape index (κ1) is 23.1. The lowest BCUT2D eigenvalue weighted by Gasteiger charge is -2.11. The number of halogens is 1. The molecule has 168 valence electrons. The minimum atomic E-state index is -3.45. The van der Waals surface area contributed by atoms with Crippen molar-refractivity contribution >= 4 is 43.8 Å². The van der Waals surface area contributed by atoms with E-state index in [0.29, 0.717) is 48.6 Å². The van der Waals surface area contributed by atoms with Crippen molar-refractivity contribution < 1.29 is 27.2 Å². The van der Waals surface area contributed by atoms with Crippen LogP contribution in [0.3, 0.4) is 0 Å². The molecule has 3 rings (SSSR count). The van der Waals surface area contributed by atoms with E-state index < -0.39 is 21.1 Å². The second-order valence-electron chi connectivity index (χ2n) is 6.81. The van der Waals surface area contributed by atoms with Gasteiger partial charge in [0.05, 0.1) is 25.2 Å². The minimum Gasteiger partial charge on any atom is -0.389 e. The first-order chi connectivity index (χ1) is 14.9. The third-order valence-electron chi connectivity index (χ3n) is 4.29. The average Bonchev–Trinajstić information content (AvgIpc) is 3.39. The van der Waals surface area contributed by atoms with Gasteiger partial charge < -0.3 is 9.57 Å². The Hall–Kier alpha value is -2.57. The summed E-state index contributed by atoms with van der Waals surface area (Å²) in [5, 5.41) is 6.03. The summed E-state index contributed by atoms with van der Waals surface area (Å²) in [7, 11) is -3.45. The fourth-order valence-electron chi connectivity index (χ4n) is 2.68. The lowest BCUT2D eigenvalue weighted by molar-refractivity contribution is -0.110. The van der Waals surface area contributed by atoms with E-state index in [4.69, 9.17) is 9.57 Å². The molecule has 1 saturated heterocycles. The summed E-state index contributed by atoms with van der Waals surface area (Å²) in [4.78, 5) is 21.9. The first-order valence-corrected chi connectivity index (χ1v) is 12.2. The second-order valence-corrected chi connectivity index (χ2v) is 9.63. The zero-order valence-electron chi connectivity index (χ0n) is 16.8. The van der Waals surface area contributed by atoms with Gasteiger partial charge in [0.25, 0.3) is 5.91 Å². The number of carbonyl (C=O) groups is 1. The maximum atomic E-state index is 13.2. The van der Waals surface area contributed by atoms with Gasteiger partial charge in [-0.25, -0.2) is 13.4 Å². The van der Waals surface area contributed by atoms with Gasteiger partial charge in [0.2, 0.25) is 10.0 Å². The van der Waals surface area contributed by atoms with Crippen LogP contribution in [0.15, 0.2) is 35.6 Å². The molecule has 0 aliphatic carbocycles. The van der Waals surface area contributed by atoms with Crippen LogP contribution < -0.4 is 10.0 Å². The Labute approximate surface area is 183 Å². The number of hydrogen-bond donors (Lipinski definition) is 2. The van der Waals surface area contributed by atoms with Crippen molar-refractivity contribution in [2.24, 2.45) is 5.16 Å². The lowest BCUT2D eigenvalue weighted by atomic mass is 10.1. The normalized spacial score (nSPS) is 16.8. The van der Waals surface area contributed by atoms with Crippen LogP contribution in [0.25, 0.3) is 0 Å². The summed E-state index contributed by atoms with van der Waals surface area (Å²) in [6.45, 7) is 2.83. The fraction of sp³-hybridized carbons (Fsp3) is 0.421. The molecule has 9 nitrogen and oxygen atoms in total. The van der Waals surface area contributed by atoms with E-state index in [1.165, 1.54) is 12.1 Å². The molecule has 0 bridgehead atoms. The number of amides is 1. The standard InChI is InChI=1S/C19H23FN4O5S2/c1-2-3-10-31(26,27)24-14-6-4-13(5-7-14)17(23-29-15-8-9-28-12-15)18(25)22-19-21-11-16(20)30-19/h4-7,11,15,24H,2-3,8-10,12H2,1H3,(H,21,22,25)/t15-/m1/s1. The van der Waals surface area contributed by atoms with Crippen molar-refractivity contribution in [3.63, 3.8) is 0 Å². The van der Waals surface area contributed by atoms with Gasteiger partial charge in [-0.2, -0.15) is 4.39 Å². The van der Waals surface area contributed by atoms with Gasteiger partial charge in [-0.05, 0) is 18.6 Å². The third-order valence-corrected chi connectivity index (χ3v) is 6.37.